The van der Waals surface area contributed by atoms with Crippen molar-refractivity contribution >= 4 is 29.9 Å². The van der Waals surface area contributed by atoms with E-state index in [-0.39, 0.29) is 24.0 Å². The molecule has 0 unspecified atom stereocenters. The molecule has 1 aromatic heterocycles. The second-order valence-corrected chi connectivity index (χ2v) is 7.57. The molecule has 2 N–H and O–H groups in total. The number of guanidine groups is 1. The van der Waals surface area contributed by atoms with Crippen LogP contribution in [0.2, 0.25) is 0 Å². The van der Waals surface area contributed by atoms with Crippen molar-refractivity contribution in [3.8, 4) is 11.5 Å². The van der Waals surface area contributed by atoms with E-state index in [4.69, 9.17) is 9.41 Å². The number of nitrogens with zero attached hydrogens (tertiary/aromatic N) is 3. The molecule has 31 heavy (non-hydrogen) atoms. The van der Waals surface area contributed by atoms with Gasteiger partial charge in [0.25, 0.3) is 0 Å². The normalized spacial score (nSPS) is 11.3. The molecule has 1 heterocycles. The van der Waals surface area contributed by atoms with Crippen molar-refractivity contribution < 1.29 is 4.42 Å². The van der Waals surface area contributed by atoms with Crippen molar-refractivity contribution in [2.45, 2.75) is 33.5 Å². The second-order valence-electron chi connectivity index (χ2n) is 7.57. The van der Waals surface area contributed by atoms with Gasteiger partial charge in [-0.3, -0.25) is 0 Å². The van der Waals surface area contributed by atoms with Gasteiger partial charge in [0.05, 0.1) is 18.8 Å². The Morgan fingerprint density at radius 3 is 2.42 bits per heavy atom. The maximum absolute atomic E-state index is 5.65. The monoisotopic (exact) mass is 533 g/mol. The van der Waals surface area contributed by atoms with Crippen molar-refractivity contribution in [1.82, 2.24) is 20.5 Å². The summed E-state index contributed by atoms with van der Waals surface area (Å²) in [5.41, 5.74) is 5.55. The van der Waals surface area contributed by atoms with Crippen molar-refractivity contribution in [3.05, 3.63) is 77.2 Å². The number of halogens is 1. The highest BCUT2D eigenvalue weighted by molar-refractivity contribution is 14.0. The zero-order chi connectivity index (χ0) is 21.3. The van der Waals surface area contributed by atoms with E-state index in [9.17, 15) is 0 Å². The molecule has 3 aromatic rings. The van der Waals surface area contributed by atoms with Gasteiger partial charge in [0.1, 0.15) is 6.26 Å². The van der Waals surface area contributed by atoms with E-state index in [0.29, 0.717) is 19.0 Å². The van der Waals surface area contributed by atoms with E-state index in [1.807, 2.05) is 12.1 Å². The third-order valence-electron chi connectivity index (χ3n) is 4.64. The van der Waals surface area contributed by atoms with Gasteiger partial charge in [0.15, 0.2) is 5.96 Å². The lowest BCUT2D eigenvalue weighted by Crippen LogP contribution is -2.36. The third kappa shape index (κ3) is 7.66. The lowest BCUT2D eigenvalue weighted by atomic mass is 10.1. The van der Waals surface area contributed by atoms with Crippen LogP contribution in [-0.2, 0) is 19.6 Å². The van der Waals surface area contributed by atoms with Crippen LogP contribution in [0.25, 0.3) is 11.5 Å². The molecule has 6 nitrogen and oxygen atoms in total. The first kappa shape index (κ1) is 24.9. The number of aliphatic imine (C=N–C) groups is 1. The summed E-state index contributed by atoms with van der Waals surface area (Å²) in [5.74, 6) is 1.39. The van der Waals surface area contributed by atoms with Crippen molar-refractivity contribution in [3.63, 3.8) is 0 Å². The largest absolute Gasteiger partial charge is 0.444 e. The predicted octanol–water partition coefficient (Wildman–Crippen LogP) is 4.58. The fourth-order valence-corrected chi connectivity index (χ4v) is 3.10. The van der Waals surface area contributed by atoms with E-state index in [1.54, 1.807) is 6.26 Å². The minimum absolute atomic E-state index is 0. The number of aromatic nitrogens is 1. The van der Waals surface area contributed by atoms with Crippen LogP contribution in [0.15, 0.2) is 64.2 Å². The predicted molar refractivity (Wildman–Crippen MR) is 138 cm³/mol. The number of rotatable bonds is 8. The topological polar surface area (TPSA) is 65.7 Å². The summed E-state index contributed by atoms with van der Waals surface area (Å²) in [6.07, 6.45) is 1.69. The van der Waals surface area contributed by atoms with Crippen molar-refractivity contribution in [2.24, 2.45) is 4.99 Å². The maximum atomic E-state index is 5.65. The number of hydrogen-bond donors (Lipinski definition) is 2. The minimum atomic E-state index is 0. The average molecular weight is 533 g/mol. The van der Waals surface area contributed by atoms with Gasteiger partial charge in [0, 0.05) is 18.7 Å². The molecule has 166 valence electrons. The molecule has 0 saturated heterocycles. The lowest BCUT2D eigenvalue weighted by Gasteiger charge is -2.14. The van der Waals surface area contributed by atoms with E-state index in [1.165, 1.54) is 16.7 Å². The molecule has 0 radical (unpaired) electrons. The Kier molecular flexibility index (Phi) is 10.00. The van der Waals surface area contributed by atoms with E-state index in [0.717, 1.165) is 30.3 Å². The highest BCUT2D eigenvalue weighted by atomic mass is 127. The van der Waals surface area contributed by atoms with Crippen molar-refractivity contribution in [1.29, 1.82) is 0 Å². The van der Waals surface area contributed by atoms with Crippen LogP contribution >= 0.6 is 24.0 Å². The zero-order valence-electron chi connectivity index (χ0n) is 18.7. The third-order valence-corrected chi connectivity index (χ3v) is 4.64. The molecule has 0 fully saturated rings. The van der Waals surface area contributed by atoms with Crippen LogP contribution in [0.3, 0.4) is 0 Å². The summed E-state index contributed by atoms with van der Waals surface area (Å²) in [7, 11) is 4.16. The first-order valence-corrected chi connectivity index (χ1v) is 10.3. The molecule has 0 bridgehead atoms. The maximum Gasteiger partial charge on any atom is 0.226 e. The molecular formula is C24H32IN5O. The van der Waals surface area contributed by atoms with E-state index < -0.39 is 0 Å². The molecule has 2 aromatic carbocycles. The Morgan fingerprint density at radius 2 is 1.74 bits per heavy atom. The van der Waals surface area contributed by atoms with Gasteiger partial charge < -0.3 is 20.0 Å². The second kappa shape index (κ2) is 12.5. The fraction of sp³-hybridized carbons (Fsp3) is 0.333. The molecular weight excluding hydrogens is 501 g/mol. The Labute approximate surface area is 202 Å². The molecule has 3 rings (SSSR count). The standard InChI is InChI=1S/C24H31N5O.HI/c1-5-25-24(26-14-20-8-6-7-9-21(20)16-29(3)4)27-15-22-17-30-23(28-22)19-12-10-18(2)11-13-19;/h6-13,17H,5,14-16H2,1-4H3,(H2,25,26,27);1H. The zero-order valence-corrected chi connectivity index (χ0v) is 21.0. The van der Waals surface area contributed by atoms with Crippen LogP contribution in [0.5, 0.6) is 0 Å². The molecule has 0 atom stereocenters. The molecule has 0 aliphatic rings. The fourth-order valence-electron chi connectivity index (χ4n) is 3.10. The first-order chi connectivity index (χ1) is 14.5. The SMILES string of the molecule is CCNC(=NCc1ccccc1CN(C)C)NCc1coc(-c2ccc(C)cc2)n1.I. The number of aryl methyl sites for hydroxylation is 1. The summed E-state index contributed by atoms with van der Waals surface area (Å²) < 4.78 is 5.65. The van der Waals surface area contributed by atoms with Gasteiger partial charge in [-0.2, -0.15) is 0 Å². The van der Waals surface area contributed by atoms with Crippen LogP contribution in [-0.4, -0.2) is 36.5 Å². The first-order valence-electron chi connectivity index (χ1n) is 10.3. The van der Waals surface area contributed by atoms with E-state index in [2.05, 4.69) is 84.9 Å². The van der Waals surface area contributed by atoms with Crippen LogP contribution in [0.1, 0.15) is 29.3 Å². The highest BCUT2D eigenvalue weighted by Crippen LogP contribution is 2.19. The highest BCUT2D eigenvalue weighted by Gasteiger charge is 2.08. The Morgan fingerprint density at radius 1 is 1.03 bits per heavy atom. The number of oxazole rings is 1. The Balaban J connectivity index is 0.00000341. The summed E-state index contributed by atoms with van der Waals surface area (Å²) in [6, 6.07) is 16.6. The molecule has 0 amide bonds. The summed E-state index contributed by atoms with van der Waals surface area (Å²) >= 11 is 0. The molecule has 0 aliphatic heterocycles. The van der Waals surface area contributed by atoms with Gasteiger partial charge >= 0.3 is 0 Å². The quantitative estimate of drug-likeness (QED) is 0.252. The van der Waals surface area contributed by atoms with E-state index >= 15 is 0 Å². The number of hydrogen-bond acceptors (Lipinski definition) is 4. The molecule has 7 heteroatoms. The molecule has 0 saturated carbocycles. The van der Waals surface area contributed by atoms with Crippen LogP contribution < -0.4 is 10.6 Å². The van der Waals surface area contributed by atoms with Gasteiger partial charge in [-0.15, -0.1) is 24.0 Å². The van der Waals surface area contributed by atoms with Gasteiger partial charge in [-0.05, 0) is 51.2 Å². The average Bonchev–Trinajstić information content (AvgIpc) is 3.20. The van der Waals surface area contributed by atoms with Crippen molar-refractivity contribution in [2.75, 3.05) is 20.6 Å². The molecule has 0 aliphatic carbocycles. The number of benzene rings is 2. The summed E-state index contributed by atoms with van der Waals surface area (Å²) in [4.78, 5) is 11.5. The Hall–Kier alpha value is -2.39. The molecule has 0 spiro atoms. The van der Waals surface area contributed by atoms with Gasteiger partial charge in [-0.25, -0.2) is 9.98 Å². The van der Waals surface area contributed by atoms with Gasteiger partial charge in [0.2, 0.25) is 5.89 Å². The van der Waals surface area contributed by atoms with Gasteiger partial charge in [-0.1, -0.05) is 42.0 Å². The lowest BCUT2D eigenvalue weighted by molar-refractivity contribution is 0.401. The van der Waals surface area contributed by atoms with Crippen LogP contribution in [0, 0.1) is 6.92 Å². The minimum Gasteiger partial charge on any atom is -0.444 e. The summed E-state index contributed by atoms with van der Waals surface area (Å²) in [6.45, 7) is 6.97. The smallest absolute Gasteiger partial charge is 0.226 e. The van der Waals surface area contributed by atoms with Crippen LogP contribution in [0.4, 0.5) is 0 Å². The Bertz CT molecular complexity index is 966. The summed E-state index contributed by atoms with van der Waals surface area (Å²) in [5, 5.41) is 6.65. The number of nitrogens with one attached hydrogen (secondary N) is 2.